The number of carboxylic acids is 1. The molecule has 2 aliphatic heterocycles. The average molecular weight is 556 g/mol. The molecule has 0 radical (unpaired) electrons. The van der Waals surface area contributed by atoms with Crippen molar-refractivity contribution in [3.63, 3.8) is 0 Å². The van der Waals surface area contributed by atoms with Gasteiger partial charge in [0, 0.05) is 12.1 Å². The van der Waals surface area contributed by atoms with Crippen LogP contribution in [0, 0.1) is 10.1 Å². The lowest BCUT2D eigenvalue weighted by Gasteiger charge is -2.46. The van der Waals surface area contributed by atoms with E-state index in [1.165, 1.54) is 4.72 Å². The highest BCUT2D eigenvalue weighted by atomic mass is 32.2. The summed E-state index contributed by atoms with van der Waals surface area (Å²) >= 11 is 0. The first-order valence-corrected chi connectivity index (χ1v) is 11.9. The lowest BCUT2D eigenvalue weighted by atomic mass is 9.96. The van der Waals surface area contributed by atoms with E-state index in [1.807, 2.05) is 0 Å². The van der Waals surface area contributed by atoms with E-state index in [1.54, 1.807) is 0 Å². The number of hydrogen-bond acceptors (Lipinski definition) is 14. The fourth-order valence-corrected chi connectivity index (χ4v) is 4.31. The molecule has 19 heteroatoms. The molecule has 0 amide bonds. The molecule has 0 spiro atoms. The Kier molecular flexibility index (Phi) is 8.97. The van der Waals surface area contributed by atoms with E-state index in [0.717, 1.165) is 24.3 Å². The number of ether oxygens (including phenoxy) is 4. The fraction of sp³-hybridized carbons (Fsp3) is 0.611. The number of hydrogen-bond donors (Lipinski definition) is 8. The number of nitrogens with zero attached hydrogens (tertiary/aromatic N) is 1. The Bertz CT molecular complexity index is 1070. The molecule has 18 nitrogen and oxygen atoms in total. The average Bonchev–Trinajstić information content (AvgIpc) is 2.82. The number of nitro benzene ring substituents is 1. The number of non-ortho nitro benzene ring substituents is 1. The summed E-state index contributed by atoms with van der Waals surface area (Å²) in [5.74, 6) is -1.84. The Morgan fingerprint density at radius 3 is 2.16 bits per heavy atom. The maximum absolute atomic E-state index is 11.9. The minimum absolute atomic E-state index is 0.0960. The zero-order valence-electron chi connectivity index (χ0n) is 18.5. The molecule has 0 unspecified atom stereocenters. The SMILES string of the molecule is O=C(O)[C@H]1O[C@@H](Oc2ccc([N+](=O)[O-])cc2)[C@H](O)[C@@H](O)[C@@H]1O[C@H]1O[C@H](CO)[C@@H](O)[C@H](O)[C@H]1NS(=O)(=O)O. The summed E-state index contributed by atoms with van der Waals surface area (Å²) in [5.41, 5.74) is -0.289. The molecule has 3 rings (SSSR count). The zero-order chi connectivity index (χ0) is 27.7. The third-order valence-corrected chi connectivity index (χ3v) is 6.11. The normalized spacial score (nSPS) is 36.6. The smallest absolute Gasteiger partial charge is 0.335 e. The molecule has 208 valence electrons. The highest BCUT2D eigenvalue weighted by Gasteiger charge is 2.54. The molecule has 0 aliphatic carbocycles. The minimum atomic E-state index is -5.05. The second-order valence-corrected chi connectivity index (χ2v) is 9.23. The molecule has 2 aliphatic rings. The van der Waals surface area contributed by atoms with Gasteiger partial charge in [-0.15, -0.1) is 0 Å². The molecular formula is C18H24N2O16S. The van der Waals surface area contributed by atoms with Crippen molar-refractivity contribution < 1.29 is 72.3 Å². The Morgan fingerprint density at radius 1 is 1.03 bits per heavy atom. The molecule has 0 bridgehead atoms. The molecular weight excluding hydrogens is 532 g/mol. The number of aliphatic hydroxyl groups excluding tert-OH is 5. The Labute approximate surface area is 207 Å². The second-order valence-electron chi connectivity index (χ2n) is 8.04. The molecule has 2 fully saturated rings. The van der Waals surface area contributed by atoms with E-state index >= 15 is 0 Å². The highest BCUT2D eigenvalue weighted by molar-refractivity contribution is 7.83. The molecule has 0 aromatic heterocycles. The van der Waals surface area contributed by atoms with Crippen molar-refractivity contribution in [3.8, 4) is 5.75 Å². The van der Waals surface area contributed by atoms with Gasteiger partial charge >= 0.3 is 16.3 Å². The van der Waals surface area contributed by atoms with Crippen LogP contribution in [0.3, 0.4) is 0 Å². The predicted molar refractivity (Wildman–Crippen MR) is 113 cm³/mol. The van der Waals surface area contributed by atoms with E-state index in [-0.39, 0.29) is 11.4 Å². The number of nitro groups is 1. The molecule has 8 N–H and O–H groups in total. The summed E-state index contributed by atoms with van der Waals surface area (Å²) in [7, 11) is -5.05. The number of nitrogens with one attached hydrogen (secondary N) is 1. The van der Waals surface area contributed by atoms with E-state index in [4.69, 9.17) is 23.5 Å². The predicted octanol–water partition coefficient (Wildman–Crippen LogP) is -3.91. The fourth-order valence-electron chi connectivity index (χ4n) is 3.72. The molecule has 2 heterocycles. The standard InChI is InChI=1S/C18H24N2O16S/c21-5-8-10(22)11(23)9(19-37(30,31)32)17(34-8)35-14-12(24)13(25)18(36-15(14)16(26)27)33-7-3-1-6(2-4-7)20(28)29/h1-4,8-15,17-19,21-25H,5H2,(H,26,27)(H,30,31,32)/t8-,9-,10-,11-,12-,13-,14+,15+,17-,18-/m1/s1. The van der Waals surface area contributed by atoms with Crippen LogP contribution in [0.5, 0.6) is 5.75 Å². The van der Waals surface area contributed by atoms with Gasteiger partial charge < -0.3 is 49.6 Å². The number of aliphatic carboxylic acids is 1. The number of carboxylic acid groups (broad SMARTS) is 1. The third kappa shape index (κ3) is 6.66. The molecule has 10 atom stereocenters. The van der Waals surface area contributed by atoms with Crippen molar-refractivity contribution >= 4 is 22.0 Å². The number of benzene rings is 1. The van der Waals surface area contributed by atoms with Crippen molar-refractivity contribution in [2.75, 3.05) is 6.61 Å². The topological polar surface area (TPSA) is 285 Å². The van der Waals surface area contributed by atoms with Crippen LogP contribution in [0.4, 0.5) is 5.69 Å². The van der Waals surface area contributed by atoms with Crippen LogP contribution in [0.25, 0.3) is 0 Å². The van der Waals surface area contributed by atoms with Gasteiger partial charge in [-0.1, -0.05) is 0 Å². The van der Waals surface area contributed by atoms with Gasteiger partial charge in [-0.25, -0.2) is 4.79 Å². The van der Waals surface area contributed by atoms with Gasteiger partial charge in [0.1, 0.15) is 48.4 Å². The molecule has 1 aromatic carbocycles. The van der Waals surface area contributed by atoms with Gasteiger partial charge in [-0.3, -0.25) is 14.7 Å². The monoisotopic (exact) mass is 556 g/mol. The quantitative estimate of drug-likeness (QED) is 0.0819. The van der Waals surface area contributed by atoms with Gasteiger partial charge in [-0.2, -0.15) is 13.1 Å². The summed E-state index contributed by atoms with van der Waals surface area (Å²) < 4.78 is 54.4. The van der Waals surface area contributed by atoms with E-state index in [0.29, 0.717) is 0 Å². The van der Waals surface area contributed by atoms with Crippen LogP contribution in [-0.2, 0) is 29.3 Å². The molecule has 2 saturated heterocycles. The number of rotatable bonds is 9. The summed E-state index contributed by atoms with van der Waals surface area (Å²) in [6, 6.07) is 2.40. The third-order valence-electron chi connectivity index (χ3n) is 5.54. The first kappa shape index (κ1) is 29.0. The Morgan fingerprint density at radius 2 is 1.65 bits per heavy atom. The van der Waals surface area contributed by atoms with Gasteiger partial charge in [0.05, 0.1) is 11.5 Å². The highest BCUT2D eigenvalue weighted by Crippen LogP contribution is 2.31. The van der Waals surface area contributed by atoms with Crippen molar-refractivity contribution in [2.24, 2.45) is 0 Å². The maximum Gasteiger partial charge on any atom is 0.335 e. The van der Waals surface area contributed by atoms with Crippen molar-refractivity contribution in [1.29, 1.82) is 0 Å². The molecule has 37 heavy (non-hydrogen) atoms. The van der Waals surface area contributed by atoms with E-state index in [2.05, 4.69) is 0 Å². The van der Waals surface area contributed by atoms with Crippen molar-refractivity contribution in [3.05, 3.63) is 34.4 Å². The van der Waals surface area contributed by atoms with Crippen LogP contribution in [0.2, 0.25) is 0 Å². The summed E-state index contributed by atoms with van der Waals surface area (Å²) in [4.78, 5) is 22.0. The molecule has 1 aromatic rings. The van der Waals surface area contributed by atoms with Crippen molar-refractivity contribution in [1.82, 2.24) is 4.72 Å². The van der Waals surface area contributed by atoms with E-state index < -0.39 is 89.2 Å². The second kappa shape index (κ2) is 11.4. The Balaban J connectivity index is 1.83. The van der Waals surface area contributed by atoms with Crippen LogP contribution in [-0.4, -0.2) is 122 Å². The van der Waals surface area contributed by atoms with Gasteiger partial charge in [-0.05, 0) is 12.1 Å². The van der Waals surface area contributed by atoms with Gasteiger partial charge in [0.25, 0.3) is 5.69 Å². The summed E-state index contributed by atoms with van der Waals surface area (Å²) in [6.07, 6.45) is -17.6. The number of aliphatic hydroxyl groups is 5. The van der Waals surface area contributed by atoms with Crippen LogP contribution < -0.4 is 9.46 Å². The summed E-state index contributed by atoms with van der Waals surface area (Å²) in [5, 5.41) is 71.2. The zero-order valence-corrected chi connectivity index (χ0v) is 19.3. The lowest BCUT2D eigenvalue weighted by molar-refractivity contribution is -0.384. The summed E-state index contributed by atoms with van der Waals surface area (Å²) in [6.45, 7) is -0.906. The lowest BCUT2D eigenvalue weighted by Crippen LogP contribution is -2.68. The van der Waals surface area contributed by atoms with Gasteiger partial charge in [0.15, 0.2) is 12.4 Å². The van der Waals surface area contributed by atoms with Crippen molar-refractivity contribution in [2.45, 2.75) is 61.3 Å². The Hall–Kier alpha value is -2.56. The largest absolute Gasteiger partial charge is 0.479 e. The number of carbonyl (C=O) groups is 1. The van der Waals surface area contributed by atoms with Gasteiger partial charge in [0.2, 0.25) is 6.29 Å². The van der Waals surface area contributed by atoms with Crippen LogP contribution in [0.1, 0.15) is 0 Å². The first-order chi connectivity index (χ1) is 17.2. The van der Waals surface area contributed by atoms with Crippen LogP contribution in [0.15, 0.2) is 24.3 Å². The van der Waals surface area contributed by atoms with E-state index in [9.17, 15) is 54.0 Å². The maximum atomic E-state index is 11.9. The van der Waals surface area contributed by atoms with Crippen LogP contribution >= 0.6 is 0 Å². The first-order valence-electron chi connectivity index (χ1n) is 10.4. The molecule has 0 saturated carbocycles. The minimum Gasteiger partial charge on any atom is -0.479 e.